The summed E-state index contributed by atoms with van der Waals surface area (Å²) in [6, 6.07) is 3.83. The largest absolute Gasteiger partial charge is 0.416 e. The Hall–Kier alpha value is -3.11. The Balaban J connectivity index is 1.91. The van der Waals surface area contributed by atoms with Gasteiger partial charge < -0.3 is 10.6 Å². The molecule has 0 aliphatic heterocycles. The lowest BCUT2D eigenvalue weighted by molar-refractivity contribution is -0.384. The van der Waals surface area contributed by atoms with Crippen molar-refractivity contribution in [3.63, 3.8) is 0 Å². The van der Waals surface area contributed by atoms with Gasteiger partial charge in [-0.15, -0.1) is 0 Å². The SMILES string of the molecule is Cc1nn(C)c(NCCNC(=O)c2ccc(C(F)(F)F)cc2)c1[N+](=O)[O-]. The van der Waals surface area contributed by atoms with E-state index in [2.05, 4.69) is 15.7 Å². The third-order valence-electron chi connectivity index (χ3n) is 3.55. The van der Waals surface area contributed by atoms with Gasteiger partial charge in [0.05, 0.1) is 10.5 Å². The molecule has 0 bridgehead atoms. The van der Waals surface area contributed by atoms with Crippen LogP contribution in [0.25, 0.3) is 0 Å². The Morgan fingerprint density at radius 3 is 2.42 bits per heavy atom. The molecule has 0 saturated heterocycles. The summed E-state index contributed by atoms with van der Waals surface area (Å²) in [7, 11) is 1.54. The summed E-state index contributed by atoms with van der Waals surface area (Å²) in [5, 5.41) is 20.3. The summed E-state index contributed by atoms with van der Waals surface area (Å²) in [5.41, 5.74) is -0.648. The standard InChI is InChI=1S/C15H16F3N5O3/c1-9-12(23(25)26)13(22(2)21-9)19-7-8-20-14(24)10-3-5-11(6-4-10)15(16,17)18/h3-6,19H,7-8H2,1-2H3,(H,20,24). The van der Waals surface area contributed by atoms with Gasteiger partial charge in [0.15, 0.2) is 0 Å². The van der Waals surface area contributed by atoms with Gasteiger partial charge in [0, 0.05) is 25.7 Å². The monoisotopic (exact) mass is 371 g/mol. The molecule has 0 spiro atoms. The molecule has 1 aromatic heterocycles. The fourth-order valence-electron chi connectivity index (χ4n) is 2.33. The normalized spacial score (nSPS) is 11.3. The fourth-order valence-corrected chi connectivity index (χ4v) is 2.33. The molecule has 8 nitrogen and oxygen atoms in total. The lowest BCUT2D eigenvalue weighted by Gasteiger charge is -2.09. The minimum absolute atomic E-state index is 0.0837. The van der Waals surface area contributed by atoms with Crippen molar-refractivity contribution in [2.24, 2.45) is 7.05 Å². The van der Waals surface area contributed by atoms with Crippen molar-refractivity contribution in [1.29, 1.82) is 0 Å². The number of aromatic nitrogens is 2. The lowest BCUT2D eigenvalue weighted by Crippen LogP contribution is -2.29. The van der Waals surface area contributed by atoms with Crippen LogP contribution in [0.1, 0.15) is 21.6 Å². The highest BCUT2D eigenvalue weighted by Gasteiger charge is 2.30. The number of anilines is 1. The number of alkyl halides is 3. The van der Waals surface area contributed by atoms with E-state index in [1.807, 2.05) is 0 Å². The Morgan fingerprint density at radius 2 is 1.88 bits per heavy atom. The number of nitrogens with one attached hydrogen (secondary N) is 2. The zero-order valence-corrected chi connectivity index (χ0v) is 13.9. The number of carbonyl (C=O) groups is 1. The van der Waals surface area contributed by atoms with E-state index in [1.54, 1.807) is 7.05 Å². The Morgan fingerprint density at radius 1 is 1.27 bits per heavy atom. The van der Waals surface area contributed by atoms with E-state index in [9.17, 15) is 28.1 Å². The first-order valence-electron chi connectivity index (χ1n) is 7.48. The summed E-state index contributed by atoms with van der Waals surface area (Å²) >= 11 is 0. The second-order valence-corrected chi connectivity index (χ2v) is 5.42. The first-order valence-corrected chi connectivity index (χ1v) is 7.48. The lowest BCUT2D eigenvalue weighted by atomic mass is 10.1. The average Bonchev–Trinajstić information content (AvgIpc) is 2.84. The first kappa shape index (κ1) is 19.2. The summed E-state index contributed by atoms with van der Waals surface area (Å²) in [6.07, 6.45) is -4.46. The molecule has 1 heterocycles. The van der Waals surface area contributed by atoms with Crippen LogP contribution in [0.15, 0.2) is 24.3 Å². The van der Waals surface area contributed by atoms with Gasteiger partial charge in [0.1, 0.15) is 5.69 Å². The van der Waals surface area contributed by atoms with Crippen molar-refractivity contribution in [3.8, 4) is 0 Å². The molecule has 0 aliphatic rings. The van der Waals surface area contributed by atoms with Gasteiger partial charge in [-0.25, -0.2) is 4.68 Å². The number of benzene rings is 1. The molecule has 1 aromatic carbocycles. The van der Waals surface area contributed by atoms with E-state index in [0.29, 0.717) is 0 Å². The molecule has 2 N–H and O–H groups in total. The molecule has 0 aliphatic carbocycles. The smallest absolute Gasteiger partial charge is 0.363 e. The van der Waals surface area contributed by atoms with Crippen molar-refractivity contribution < 1.29 is 22.9 Å². The second kappa shape index (κ2) is 7.42. The topological polar surface area (TPSA) is 102 Å². The van der Waals surface area contributed by atoms with Crippen molar-refractivity contribution in [3.05, 3.63) is 51.2 Å². The van der Waals surface area contributed by atoms with Gasteiger partial charge in [-0.2, -0.15) is 18.3 Å². The number of carbonyl (C=O) groups excluding carboxylic acids is 1. The van der Waals surface area contributed by atoms with Gasteiger partial charge in [-0.1, -0.05) is 0 Å². The van der Waals surface area contributed by atoms with Gasteiger partial charge >= 0.3 is 11.9 Å². The number of rotatable bonds is 6. The molecule has 2 aromatic rings. The molecule has 0 unspecified atom stereocenters. The molecule has 140 valence electrons. The average molecular weight is 371 g/mol. The second-order valence-electron chi connectivity index (χ2n) is 5.42. The van der Waals surface area contributed by atoms with Crippen LogP contribution in [0, 0.1) is 17.0 Å². The molecule has 26 heavy (non-hydrogen) atoms. The van der Waals surface area contributed by atoms with Crippen LogP contribution in [0.5, 0.6) is 0 Å². The molecular formula is C15H16F3N5O3. The minimum Gasteiger partial charge on any atom is -0.363 e. The molecule has 1 amide bonds. The maximum Gasteiger partial charge on any atom is 0.416 e. The molecule has 0 radical (unpaired) electrons. The van der Waals surface area contributed by atoms with Gasteiger partial charge in [0.2, 0.25) is 5.82 Å². The summed E-state index contributed by atoms with van der Waals surface area (Å²) < 4.78 is 38.8. The zero-order valence-electron chi connectivity index (χ0n) is 13.9. The number of hydrogen-bond donors (Lipinski definition) is 2. The van der Waals surface area contributed by atoms with E-state index >= 15 is 0 Å². The predicted molar refractivity (Wildman–Crippen MR) is 86.9 cm³/mol. The number of halogens is 3. The molecular weight excluding hydrogens is 355 g/mol. The molecule has 2 rings (SSSR count). The summed E-state index contributed by atoms with van der Waals surface area (Å²) in [5.74, 6) is -0.340. The van der Waals surface area contributed by atoms with Gasteiger partial charge in [0.25, 0.3) is 5.91 Å². The van der Waals surface area contributed by atoms with Crippen LogP contribution in [0.3, 0.4) is 0 Å². The number of nitrogens with zero attached hydrogens (tertiary/aromatic N) is 3. The molecule has 0 saturated carbocycles. The Bertz CT molecular complexity index is 815. The van der Waals surface area contributed by atoms with Crippen LogP contribution < -0.4 is 10.6 Å². The predicted octanol–water partition coefficient (Wildman–Crippen LogP) is 2.50. The number of hydrogen-bond acceptors (Lipinski definition) is 5. The maximum atomic E-state index is 12.5. The van der Waals surface area contributed by atoms with Crippen LogP contribution in [-0.4, -0.2) is 33.7 Å². The highest BCUT2D eigenvalue weighted by molar-refractivity contribution is 5.94. The van der Waals surface area contributed by atoms with Crippen LogP contribution >= 0.6 is 0 Å². The van der Waals surface area contributed by atoms with Gasteiger partial charge in [-0.3, -0.25) is 14.9 Å². The summed E-state index contributed by atoms with van der Waals surface area (Å²) in [6.45, 7) is 1.79. The van der Waals surface area contributed by atoms with Crippen molar-refractivity contribution in [1.82, 2.24) is 15.1 Å². The fraction of sp³-hybridized carbons (Fsp3) is 0.333. The molecule has 0 atom stereocenters. The Kier molecular flexibility index (Phi) is 5.48. The van der Waals surface area contributed by atoms with Crippen LogP contribution in [-0.2, 0) is 13.2 Å². The van der Waals surface area contributed by atoms with Gasteiger partial charge in [-0.05, 0) is 31.2 Å². The Labute approximate surface area is 146 Å². The third-order valence-corrected chi connectivity index (χ3v) is 3.55. The van der Waals surface area contributed by atoms with Crippen molar-refractivity contribution in [2.45, 2.75) is 13.1 Å². The van der Waals surface area contributed by atoms with Crippen LogP contribution in [0.2, 0.25) is 0 Å². The molecule has 0 fully saturated rings. The number of nitro groups is 1. The van der Waals surface area contributed by atoms with Crippen molar-refractivity contribution in [2.75, 3.05) is 18.4 Å². The zero-order chi connectivity index (χ0) is 19.5. The van der Waals surface area contributed by atoms with E-state index in [1.165, 1.54) is 11.6 Å². The highest BCUT2D eigenvalue weighted by atomic mass is 19.4. The van der Waals surface area contributed by atoms with E-state index in [4.69, 9.17) is 0 Å². The third kappa shape index (κ3) is 4.29. The number of aryl methyl sites for hydroxylation is 2. The highest BCUT2D eigenvalue weighted by Crippen LogP contribution is 2.29. The quantitative estimate of drug-likeness (QED) is 0.461. The van der Waals surface area contributed by atoms with E-state index in [0.717, 1.165) is 24.3 Å². The number of amides is 1. The first-order chi connectivity index (χ1) is 12.1. The van der Waals surface area contributed by atoms with Crippen LogP contribution in [0.4, 0.5) is 24.7 Å². The maximum absolute atomic E-state index is 12.5. The van der Waals surface area contributed by atoms with E-state index < -0.39 is 22.6 Å². The summed E-state index contributed by atoms with van der Waals surface area (Å²) in [4.78, 5) is 22.4. The molecule has 11 heteroatoms. The van der Waals surface area contributed by atoms with Crippen molar-refractivity contribution >= 4 is 17.4 Å². The minimum atomic E-state index is -4.46. The van der Waals surface area contributed by atoms with E-state index in [-0.39, 0.29) is 35.9 Å².